The van der Waals surface area contributed by atoms with E-state index in [2.05, 4.69) is 24.5 Å². The molecule has 2 aromatic rings. The van der Waals surface area contributed by atoms with Gasteiger partial charge in [0, 0.05) is 6.04 Å². The highest BCUT2D eigenvalue weighted by Crippen LogP contribution is 2.21. The third kappa shape index (κ3) is 5.16. The minimum absolute atomic E-state index is 0.0720. The SMILES string of the molecule is COC(=O)c1ccccc1NC(=O)CN[C@@H](c1ccccc1)C(C)C. The molecular formula is C20H24N2O3. The molecule has 0 bridgehead atoms. The first-order valence-corrected chi connectivity index (χ1v) is 8.28. The molecule has 0 radical (unpaired) electrons. The minimum atomic E-state index is -0.479. The van der Waals surface area contributed by atoms with E-state index in [1.165, 1.54) is 7.11 Å². The Morgan fingerprint density at radius 1 is 1.00 bits per heavy atom. The fourth-order valence-electron chi connectivity index (χ4n) is 2.68. The molecule has 0 fully saturated rings. The molecule has 1 amide bonds. The van der Waals surface area contributed by atoms with Gasteiger partial charge in [0.05, 0.1) is 24.9 Å². The van der Waals surface area contributed by atoms with Crippen LogP contribution in [-0.4, -0.2) is 25.5 Å². The van der Waals surface area contributed by atoms with Gasteiger partial charge in [0.15, 0.2) is 0 Å². The summed E-state index contributed by atoms with van der Waals surface area (Å²) in [7, 11) is 1.32. The summed E-state index contributed by atoms with van der Waals surface area (Å²) < 4.78 is 4.74. The normalized spacial score (nSPS) is 11.8. The predicted molar refractivity (Wildman–Crippen MR) is 98.4 cm³/mol. The summed E-state index contributed by atoms with van der Waals surface area (Å²) in [6, 6.07) is 16.9. The summed E-state index contributed by atoms with van der Waals surface area (Å²) >= 11 is 0. The van der Waals surface area contributed by atoms with Crippen LogP contribution >= 0.6 is 0 Å². The standard InChI is InChI=1S/C20H24N2O3/c1-14(2)19(15-9-5-4-6-10-15)21-13-18(23)22-17-12-8-7-11-16(17)20(24)25-3/h4-12,14,19,21H,13H2,1-3H3,(H,22,23)/t19-/m1/s1. The Morgan fingerprint density at radius 3 is 2.28 bits per heavy atom. The molecule has 5 nitrogen and oxygen atoms in total. The molecule has 0 aliphatic rings. The number of anilines is 1. The van der Waals surface area contributed by atoms with Crippen molar-refractivity contribution in [1.29, 1.82) is 0 Å². The lowest BCUT2D eigenvalue weighted by Gasteiger charge is -2.23. The fraction of sp³-hybridized carbons (Fsp3) is 0.300. The van der Waals surface area contributed by atoms with Crippen molar-refractivity contribution in [3.63, 3.8) is 0 Å². The number of carbonyl (C=O) groups excluding carboxylic acids is 2. The largest absolute Gasteiger partial charge is 0.465 e. The monoisotopic (exact) mass is 340 g/mol. The highest BCUT2D eigenvalue weighted by molar-refractivity contribution is 6.01. The molecule has 25 heavy (non-hydrogen) atoms. The average Bonchev–Trinajstić information content (AvgIpc) is 2.62. The number of benzene rings is 2. The van der Waals surface area contributed by atoms with E-state index in [1.807, 2.05) is 30.3 Å². The van der Waals surface area contributed by atoms with Gasteiger partial charge in [0.2, 0.25) is 5.91 Å². The maximum atomic E-state index is 12.3. The quantitative estimate of drug-likeness (QED) is 0.758. The molecule has 5 heteroatoms. The lowest BCUT2D eigenvalue weighted by molar-refractivity contribution is -0.115. The smallest absolute Gasteiger partial charge is 0.339 e. The van der Waals surface area contributed by atoms with Crippen LogP contribution in [0, 0.1) is 5.92 Å². The van der Waals surface area contributed by atoms with Crippen molar-refractivity contribution in [2.24, 2.45) is 5.92 Å². The number of rotatable bonds is 7. The van der Waals surface area contributed by atoms with Crippen molar-refractivity contribution in [2.75, 3.05) is 19.0 Å². The van der Waals surface area contributed by atoms with Crippen LogP contribution in [0.25, 0.3) is 0 Å². The van der Waals surface area contributed by atoms with Gasteiger partial charge in [-0.1, -0.05) is 56.3 Å². The molecule has 0 aliphatic heterocycles. The van der Waals surface area contributed by atoms with Gasteiger partial charge in [-0.05, 0) is 23.6 Å². The number of esters is 1. The van der Waals surface area contributed by atoms with Crippen molar-refractivity contribution in [3.8, 4) is 0 Å². The summed E-state index contributed by atoms with van der Waals surface area (Å²) in [6.45, 7) is 4.36. The van der Waals surface area contributed by atoms with Crippen molar-refractivity contribution >= 4 is 17.6 Å². The van der Waals surface area contributed by atoms with E-state index in [1.54, 1.807) is 24.3 Å². The van der Waals surface area contributed by atoms with E-state index in [-0.39, 0.29) is 18.5 Å². The van der Waals surface area contributed by atoms with Crippen molar-refractivity contribution < 1.29 is 14.3 Å². The maximum absolute atomic E-state index is 12.3. The average molecular weight is 340 g/mol. The van der Waals surface area contributed by atoms with Crippen molar-refractivity contribution in [2.45, 2.75) is 19.9 Å². The number of ether oxygens (including phenoxy) is 1. The fourth-order valence-corrected chi connectivity index (χ4v) is 2.68. The van der Waals surface area contributed by atoms with E-state index >= 15 is 0 Å². The van der Waals surface area contributed by atoms with Crippen LogP contribution in [0.3, 0.4) is 0 Å². The van der Waals surface area contributed by atoms with Gasteiger partial charge in [0.1, 0.15) is 0 Å². The van der Waals surface area contributed by atoms with Crippen LogP contribution in [0.1, 0.15) is 35.8 Å². The number of amides is 1. The topological polar surface area (TPSA) is 67.4 Å². The van der Waals surface area contributed by atoms with Crippen LogP contribution in [0.2, 0.25) is 0 Å². The van der Waals surface area contributed by atoms with Gasteiger partial charge < -0.3 is 15.4 Å². The van der Waals surface area contributed by atoms with E-state index in [0.717, 1.165) is 5.56 Å². The summed E-state index contributed by atoms with van der Waals surface area (Å²) in [5.41, 5.74) is 1.92. The third-order valence-electron chi connectivity index (χ3n) is 3.91. The molecule has 0 saturated heterocycles. The first-order chi connectivity index (χ1) is 12.0. The molecule has 0 unspecified atom stereocenters. The summed E-state index contributed by atoms with van der Waals surface area (Å²) in [5, 5.41) is 6.06. The molecule has 2 N–H and O–H groups in total. The second kappa shape index (κ2) is 8.99. The first kappa shape index (κ1) is 18.7. The van der Waals surface area contributed by atoms with Crippen molar-refractivity contribution in [3.05, 3.63) is 65.7 Å². The van der Waals surface area contributed by atoms with E-state index in [4.69, 9.17) is 4.74 Å². The highest BCUT2D eigenvalue weighted by Gasteiger charge is 2.17. The third-order valence-corrected chi connectivity index (χ3v) is 3.91. The second-order valence-electron chi connectivity index (χ2n) is 6.10. The Hall–Kier alpha value is -2.66. The van der Waals surface area contributed by atoms with Crippen LogP contribution in [0.4, 0.5) is 5.69 Å². The van der Waals surface area contributed by atoms with Crippen LogP contribution in [0.15, 0.2) is 54.6 Å². The number of para-hydroxylation sites is 1. The maximum Gasteiger partial charge on any atom is 0.339 e. The van der Waals surface area contributed by atoms with Gasteiger partial charge >= 0.3 is 5.97 Å². The van der Waals surface area contributed by atoms with Gasteiger partial charge in [-0.25, -0.2) is 4.79 Å². The lowest BCUT2D eigenvalue weighted by Crippen LogP contribution is -2.34. The minimum Gasteiger partial charge on any atom is -0.465 e. The first-order valence-electron chi connectivity index (χ1n) is 8.28. The molecule has 0 aromatic heterocycles. The Kier molecular flexibility index (Phi) is 6.71. The van der Waals surface area contributed by atoms with Crippen LogP contribution in [-0.2, 0) is 9.53 Å². The zero-order chi connectivity index (χ0) is 18.2. The Morgan fingerprint density at radius 2 is 1.64 bits per heavy atom. The summed E-state index contributed by atoms with van der Waals surface area (Å²) in [4.78, 5) is 24.1. The molecule has 0 spiro atoms. The molecule has 0 saturated carbocycles. The Bertz CT molecular complexity index is 714. The van der Waals surface area contributed by atoms with Gasteiger partial charge in [-0.2, -0.15) is 0 Å². The van der Waals surface area contributed by atoms with E-state index in [9.17, 15) is 9.59 Å². The van der Waals surface area contributed by atoms with Crippen molar-refractivity contribution in [1.82, 2.24) is 5.32 Å². The van der Waals surface area contributed by atoms with E-state index in [0.29, 0.717) is 17.2 Å². The number of nitrogens with one attached hydrogen (secondary N) is 2. The molecule has 1 atom stereocenters. The molecule has 2 rings (SSSR count). The van der Waals surface area contributed by atoms with Crippen LogP contribution in [0.5, 0.6) is 0 Å². The highest BCUT2D eigenvalue weighted by atomic mass is 16.5. The van der Waals surface area contributed by atoms with Gasteiger partial charge in [0.25, 0.3) is 0 Å². The predicted octanol–water partition coefficient (Wildman–Crippen LogP) is 3.40. The number of hydrogen-bond donors (Lipinski definition) is 2. The molecule has 0 aliphatic carbocycles. The number of methoxy groups -OCH3 is 1. The lowest BCUT2D eigenvalue weighted by atomic mass is 9.96. The number of carbonyl (C=O) groups is 2. The molecular weight excluding hydrogens is 316 g/mol. The zero-order valence-electron chi connectivity index (χ0n) is 14.8. The summed E-state index contributed by atoms with van der Waals surface area (Å²) in [5.74, 6) is -0.358. The van der Waals surface area contributed by atoms with Gasteiger partial charge in [-0.15, -0.1) is 0 Å². The van der Waals surface area contributed by atoms with Gasteiger partial charge in [-0.3, -0.25) is 4.79 Å². The Balaban J connectivity index is 2.02. The zero-order valence-corrected chi connectivity index (χ0v) is 14.8. The molecule has 132 valence electrons. The number of hydrogen-bond acceptors (Lipinski definition) is 4. The summed E-state index contributed by atoms with van der Waals surface area (Å²) in [6.07, 6.45) is 0. The molecule has 0 heterocycles. The second-order valence-corrected chi connectivity index (χ2v) is 6.10. The van der Waals surface area contributed by atoms with E-state index < -0.39 is 5.97 Å². The Labute approximate surface area is 148 Å². The molecule has 2 aromatic carbocycles. The van der Waals surface area contributed by atoms with Crippen LogP contribution < -0.4 is 10.6 Å².